The van der Waals surface area contributed by atoms with Crippen LogP contribution in [-0.2, 0) is 0 Å². The first-order valence-corrected chi connectivity index (χ1v) is 8.03. The van der Waals surface area contributed by atoms with Gasteiger partial charge < -0.3 is 16.6 Å². The van der Waals surface area contributed by atoms with Crippen LogP contribution < -0.4 is 11.5 Å². The van der Waals surface area contributed by atoms with Crippen molar-refractivity contribution in [2.24, 2.45) is 5.41 Å². The Morgan fingerprint density at radius 1 is 1.24 bits per heavy atom. The number of nitrogen functional groups attached to an aromatic ring is 2. The van der Waals surface area contributed by atoms with Crippen molar-refractivity contribution in [2.45, 2.75) is 33.3 Å². The second-order valence-corrected chi connectivity index (χ2v) is 6.80. The topological polar surface area (TPSA) is 123 Å². The molecule has 0 aromatic heterocycles. The number of carbonyl (C=O) groups excluding carboxylic acids is 3. The number of fused-ring (bicyclic) bond motifs is 2. The maximum Gasteiger partial charge on any atom is 0.192 e. The fourth-order valence-corrected chi connectivity index (χ4v) is 3.81. The van der Waals surface area contributed by atoms with Gasteiger partial charge >= 0.3 is 0 Å². The molecule has 5 N–H and O–H groups in total. The van der Waals surface area contributed by atoms with Crippen molar-refractivity contribution in [3.63, 3.8) is 0 Å². The minimum Gasteiger partial charge on any atom is -0.398 e. The summed E-state index contributed by atoms with van der Waals surface area (Å²) < 4.78 is 0. The smallest absolute Gasteiger partial charge is 0.192 e. The third-order valence-corrected chi connectivity index (χ3v) is 5.11. The Balaban J connectivity index is 2.48. The van der Waals surface area contributed by atoms with E-state index in [2.05, 4.69) is 0 Å². The molecule has 25 heavy (non-hydrogen) atoms. The molecule has 6 heteroatoms. The number of benzene rings is 1. The van der Waals surface area contributed by atoms with Gasteiger partial charge in [0.25, 0.3) is 0 Å². The fourth-order valence-electron chi connectivity index (χ4n) is 3.81. The van der Waals surface area contributed by atoms with Gasteiger partial charge in [-0.2, -0.15) is 0 Å². The van der Waals surface area contributed by atoms with Crippen LogP contribution in [0.4, 0.5) is 11.4 Å². The first kappa shape index (κ1) is 17.1. The van der Waals surface area contributed by atoms with Crippen molar-refractivity contribution in [1.82, 2.24) is 0 Å². The summed E-state index contributed by atoms with van der Waals surface area (Å²) in [4.78, 5) is 38.4. The molecule has 2 aliphatic rings. The summed E-state index contributed by atoms with van der Waals surface area (Å²) in [7, 11) is 0. The van der Waals surface area contributed by atoms with E-state index < -0.39 is 23.1 Å². The molecule has 0 heterocycles. The van der Waals surface area contributed by atoms with Crippen molar-refractivity contribution in [1.29, 1.82) is 0 Å². The molecule has 2 unspecified atom stereocenters. The summed E-state index contributed by atoms with van der Waals surface area (Å²) in [5.41, 5.74) is 11.6. The van der Waals surface area contributed by atoms with E-state index in [1.54, 1.807) is 19.1 Å². The van der Waals surface area contributed by atoms with E-state index in [1.807, 2.05) is 6.08 Å². The van der Waals surface area contributed by atoms with Gasteiger partial charge in [-0.25, -0.2) is 0 Å². The van der Waals surface area contributed by atoms with Gasteiger partial charge in [-0.3, -0.25) is 14.4 Å². The Kier molecular flexibility index (Phi) is 3.69. The molecule has 3 rings (SSSR count). The molecular formula is C19H20N2O4. The maximum absolute atomic E-state index is 13.2. The summed E-state index contributed by atoms with van der Waals surface area (Å²) in [6.07, 6.45) is 4.42. The molecule has 0 spiro atoms. The summed E-state index contributed by atoms with van der Waals surface area (Å²) in [6.45, 7) is 4.42. The van der Waals surface area contributed by atoms with E-state index in [9.17, 15) is 19.5 Å². The monoisotopic (exact) mass is 340 g/mol. The minimum atomic E-state index is -1.11. The maximum atomic E-state index is 13.2. The molecule has 1 aromatic carbocycles. The highest BCUT2D eigenvalue weighted by atomic mass is 16.3. The van der Waals surface area contributed by atoms with Crippen LogP contribution in [0.25, 0.3) is 0 Å². The second-order valence-electron chi connectivity index (χ2n) is 6.80. The molecule has 0 radical (unpaired) electrons. The van der Waals surface area contributed by atoms with Gasteiger partial charge in [-0.1, -0.05) is 18.2 Å². The fraction of sp³-hybridized carbons (Fsp3) is 0.316. The SMILES string of the molecule is CC(=O)c1c(N)c2c(c(N)c1C(C)O)C(=O)C1(C)CC=CC=C1C2=O. The lowest BCUT2D eigenvalue weighted by Crippen LogP contribution is -2.41. The number of hydrogen-bond acceptors (Lipinski definition) is 6. The van der Waals surface area contributed by atoms with Crippen molar-refractivity contribution >= 4 is 28.7 Å². The Labute approximate surface area is 145 Å². The predicted octanol–water partition coefficient (Wildman–Crippen LogP) is 2.38. The van der Waals surface area contributed by atoms with E-state index in [1.165, 1.54) is 13.8 Å². The van der Waals surface area contributed by atoms with Crippen LogP contribution in [-0.4, -0.2) is 22.5 Å². The van der Waals surface area contributed by atoms with Crippen molar-refractivity contribution < 1.29 is 19.5 Å². The van der Waals surface area contributed by atoms with Gasteiger partial charge in [-0.15, -0.1) is 0 Å². The number of nitrogens with two attached hydrogens (primary N) is 2. The third-order valence-electron chi connectivity index (χ3n) is 5.11. The first-order chi connectivity index (χ1) is 11.6. The Hall–Kier alpha value is -2.73. The average molecular weight is 340 g/mol. The van der Waals surface area contributed by atoms with E-state index in [4.69, 9.17) is 11.5 Å². The number of carbonyl (C=O) groups is 3. The molecule has 2 aliphatic carbocycles. The van der Waals surface area contributed by atoms with Crippen molar-refractivity contribution in [2.75, 3.05) is 11.5 Å². The second kappa shape index (κ2) is 5.39. The molecule has 1 aromatic rings. The minimum absolute atomic E-state index is 0.00274. The van der Waals surface area contributed by atoms with Gasteiger partial charge in [0.2, 0.25) is 0 Å². The van der Waals surface area contributed by atoms with E-state index in [-0.39, 0.29) is 39.4 Å². The summed E-state index contributed by atoms with van der Waals surface area (Å²) in [5, 5.41) is 10.1. The molecule has 0 bridgehead atoms. The number of Topliss-reactive ketones (excluding diaryl/α,β-unsaturated/α-hetero) is 3. The Morgan fingerprint density at radius 2 is 1.88 bits per heavy atom. The molecule has 2 atom stereocenters. The number of allylic oxidation sites excluding steroid dienone is 4. The van der Waals surface area contributed by atoms with E-state index in [0.29, 0.717) is 12.0 Å². The standard InChI is InChI=1S/C19H20N2O4/c1-8(22)11-12(9(2)23)16(21)14-13(15(11)20)17(24)10-6-4-5-7-19(10,3)18(14)25/h4-6,9,23H,7,20-21H2,1-3H3. The normalized spacial score (nSPS) is 23.0. The number of hydrogen-bond donors (Lipinski definition) is 3. The van der Waals surface area contributed by atoms with E-state index in [0.717, 1.165) is 0 Å². The first-order valence-electron chi connectivity index (χ1n) is 8.03. The highest BCUT2D eigenvalue weighted by Crippen LogP contribution is 2.49. The zero-order valence-electron chi connectivity index (χ0n) is 14.3. The number of anilines is 2. The van der Waals surface area contributed by atoms with Gasteiger partial charge in [0, 0.05) is 22.4 Å². The Bertz CT molecular complexity index is 909. The van der Waals surface area contributed by atoms with E-state index >= 15 is 0 Å². The Morgan fingerprint density at radius 3 is 2.44 bits per heavy atom. The zero-order chi connectivity index (χ0) is 18.7. The van der Waals surface area contributed by atoms with Gasteiger partial charge in [0.15, 0.2) is 17.3 Å². The number of aliphatic hydroxyl groups is 1. The zero-order valence-corrected chi connectivity index (χ0v) is 14.3. The van der Waals surface area contributed by atoms with Gasteiger partial charge in [0.1, 0.15) is 0 Å². The molecule has 130 valence electrons. The van der Waals surface area contributed by atoms with Crippen LogP contribution in [0.1, 0.15) is 69.9 Å². The van der Waals surface area contributed by atoms with Crippen LogP contribution in [0.3, 0.4) is 0 Å². The lowest BCUT2D eigenvalue weighted by Gasteiger charge is -2.37. The quantitative estimate of drug-likeness (QED) is 0.561. The lowest BCUT2D eigenvalue weighted by molar-refractivity contribution is 0.0801. The van der Waals surface area contributed by atoms with Crippen LogP contribution in [0.2, 0.25) is 0 Å². The van der Waals surface area contributed by atoms with Crippen LogP contribution >= 0.6 is 0 Å². The van der Waals surface area contributed by atoms with Gasteiger partial charge in [0.05, 0.1) is 28.3 Å². The molecule has 0 aliphatic heterocycles. The molecule has 0 fully saturated rings. The highest BCUT2D eigenvalue weighted by molar-refractivity contribution is 6.30. The molecule has 6 nitrogen and oxygen atoms in total. The largest absolute Gasteiger partial charge is 0.398 e. The molecule has 0 amide bonds. The molecular weight excluding hydrogens is 320 g/mol. The van der Waals surface area contributed by atoms with Gasteiger partial charge in [-0.05, 0) is 27.2 Å². The van der Waals surface area contributed by atoms with Crippen molar-refractivity contribution in [3.05, 3.63) is 46.1 Å². The summed E-state index contributed by atoms with van der Waals surface area (Å²) in [5.74, 6) is -1.14. The van der Waals surface area contributed by atoms with Crippen molar-refractivity contribution in [3.8, 4) is 0 Å². The average Bonchev–Trinajstić information content (AvgIpc) is 2.53. The third kappa shape index (κ3) is 2.10. The predicted molar refractivity (Wildman–Crippen MR) is 94.5 cm³/mol. The summed E-state index contributed by atoms with van der Waals surface area (Å²) >= 11 is 0. The van der Waals surface area contributed by atoms with Crippen LogP contribution in [0.5, 0.6) is 0 Å². The summed E-state index contributed by atoms with van der Waals surface area (Å²) in [6, 6.07) is 0. The highest BCUT2D eigenvalue weighted by Gasteiger charge is 2.49. The molecule has 0 saturated carbocycles. The van der Waals surface area contributed by atoms with Crippen LogP contribution in [0.15, 0.2) is 23.8 Å². The van der Waals surface area contributed by atoms with Crippen LogP contribution in [0, 0.1) is 5.41 Å². The number of ketones is 3. The number of rotatable bonds is 2. The molecule has 0 saturated heterocycles. The lowest BCUT2D eigenvalue weighted by atomic mass is 9.63. The number of aliphatic hydroxyl groups excluding tert-OH is 1.